The van der Waals surface area contributed by atoms with Gasteiger partial charge in [0.2, 0.25) is 0 Å². The second-order valence-corrected chi connectivity index (χ2v) is 8.99. The average molecular weight is 155 g/mol. The van der Waals surface area contributed by atoms with Gasteiger partial charge in [-0.15, -0.1) is 11.1 Å². The van der Waals surface area contributed by atoms with Crippen LogP contribution in [0.5, 0.6) is 0 Å². The van der Waals surface area contributed by atoms with Crippen molar-refractivity contribution in [2.24, 2.45) is 0 Å². The van der Waals surface area contributed by atoms with Crippen molar-refractivity contribution in [1.29, 1.82) is 0 Å². The van der Waals surface area contributed by atoms with Crippen molar-refractivity contribution in [2.45, 2.75) is 19.6 Å². The van der Waals surface area contributed by atoms with Crippen molar-refractivity contribution in [2.75, 3.05) is 0 Å². The molecule has 0 aromatic carbocycles. The molecule has 0 rings (SSSR count). The normalized spacial score (nSPS) is 13.7. The van der Waals surface area contributed by atoms with E-state index in [0.717, 1.165) is 0 Å². The molecule has 0 radical (unpaired) electrons. The van der Waals surface area contributed by atoms with Crippen LogP contribution < -0.4 is 0 Å². The first kappa shape index (κ1) is 7.68. The summed E-state index contributed by atoms with van der Waals surface area (Å²) in [7, 11) is -1.88. The Morgan fingerprint density at radius 3 is 2.00 bits per heavy atom. The van der Waals surface area contributed by atoms with Crippen molar-refractivity contribution >= 4 is 28.5 Å². The number of rotatable bonds is 2. The molecule has 0 saturated carbocycles. The number of halogens is 1. The highest BCUT2D eigenvalue weighted by atomic mass is 35.6. The van der Waals surface area contributed by atoms with Gasteiger partial charge >= 0.3 is 0 Å². The van der Waals surface area contributed by atoms with Gasteiger partial charge in [0.1, 0.15) is 9.76 Å². The van der Waals surface area contributed by atoms with Crippen LogP contribution in [0, 0.1) is 0 Å². The molecule has 0 aliphatic carbocycles. The average Bonchev–Trinajstić information content (AvgIpc) is 1.30. The van der Waals surface area contributed by atoms with E-state index in [1.807, 2.05) is 13.1 Å². The lowest BCUT2D eigenvalue weighted by atomic mass is 11.9. The van der Waals surface area contributed by atoms with Crippen LogP contribution in [0.2, 0.25) is 19.6 Å². The Labute approximate surface area is 52.8 Å². The maximum atomic E-state index is 5.78. The van der Waals surface area contributed by atoms with E-state index in [4.69, 9.17) is 15.2 Å². The SMILES string of the molecule is C[SiH2]O[Si](C)(C)Cl. The smallest absolute Gasteiger partial charge is 0.273 e. The molecular formula is C3H11ClOSi2. The quantitative estimate of drug-likeness (QED) is 0.427. The molecule has 0 aliphatic heterocycles. The van der Waals surface area contributed by atoms with Crippen LogP contribution in [0.3, 0.4) is 0 Å². The fourth-order valence-corrected chi connectivity index (χ4v) is 4.07. The molecule has 0 unspecified atom stereocenters. The Morgan fingerprint density at radius 1 is 1.57 bits per heavy atom. The molecule has 0 aromatic rings. The zero-order chi connectivity index (χ0) is 5.91. The topological polar surface area (TPSA) is 9.23 Å². The lowest BCUT2D eigenvalue weighted by molar-refractivity contribution is 0.620. The Kier molecular flexibility index (Phi) is 3.14. The zero-order valence-corrected chi connectivity index (χ0v) is 8.16. The molecule has 0 aliphatic rings. The summed E-state index contributed by atoms with van der Waals surface area (Å²) in [4.78, 5) is 0. The Bertz CT molecular complexity index is 51.4. The summed E-state index contributed by atoms with van der Waals surface area (Å²) in [5.74, 6) is 0. The van der Waals surface area contributed by atoms with Gasteiger partial charge in [0.25, 0.3) is 7.63 Å². The van der Waals surface area contributed by atoms with E-state index in [1.165, 1.54) is 0 Å². The van der Waals surface area contributed by atoms with Gasteiger partial charge in [-0.2, -0.15) is 0 Å². The van der Waals surface area contributed by atoms with E-state index in [0.29, 0.717) is 0 Å². The highest BCUT2D eigenvalue weighted by Gasteiger charge is 2.15. The summed E-state index contributed by atoms with van der Waals surface area (Å²) in [5.41, 5.74) is 0. The van der Waals surface area contributed by atoms with Gasteiger partial charge in [-0.3, -0.25) is 0 Å². The minimum atomic E-state index is -1.62. The first-order valence-corrected chi connectivity index (χ1v) is 8.30. The second kappa shape index (κ2) is 2.86. The minimum Gasteiger partial charge on any atom is -0.450 e. The third-order valence-corrected chi connectivity index (χ3v) is 5.37. The molecule has 0 heterocycles. The number of hydrogen-bond donors (Lipinski definition) is 0. The second-order valence-electron chi connectivity index (χ2n) is 1.80. The third-order valence-electron chi connectivity index (χ3n) is 0.488. The monoisotopic (exact) mass is 154 g/mol. The Morgan fingerprint density at radius 2 is 2.00 bits per heavy atom. The number of hydrogen-bond acceptors (Lipinski definition) is 1. The maximum absolute atomic E-state index is 5.78. The Balaban J connectivity index is 3.15. The van der Waals surface area contributed by atoms with E-state index in [2.05, 4.69) is 6.55 Å². The Hall–Kier alpha value is 0.684. The van der Waals surface area contributed by atoms with Gasteiger partial charge in [-0.25, -0.2) is 0 Å². The van der Waals surface area contributed by atoms with E-state index in [-0.39, 0.29) is 9.76 Å². The summed E-state index contributed by atoms with van der Waals surface area (Å²) < 4.78 is 5.27. The first-order chi connectivity index (χ1) is 3.06. The lowest BCUT2D eigenvalue weighted by Gasteiger charge is -2.11. The van der Waals surface area contributed by atoms with Gasteiger partial charge in [0.15, 0.2) is 0 Å². The van der Waals surface area contributed by atoms with E-state index < -0.39 is 7.63 Å². The standard InChI is InChI=1S/C3H11ClOSi2/c1-6-5-7(2,3)4/h6H2,1-3H3. The fraction of sp³-hybridized carbons (Fsp3) is 1.00. The van der Waals surface area contributed by atoms with Crippen molar-refractivity contribution in [3.63, 3.8) is 0 Å². The molecule has 7 heavy (non-hydrogen) atoms. The van der Waals surface area contributed by atoms with Crippen LogP contribution >= 0.6 is 11.1 Å². The van der Waals surface area contributed by atoms with Crippen LogP contribution in [-0.2, 0) is 4.12 Å². The van der Waals surface area contributed by atoms with Crippen LogP contribution in [0.15, 0.2) is 0 Å². The third kappa shape index (κ3) is 6.68. The van der Waals surface area contributed by atoms with E-state index in [9.17, 15) is 0 Å². The molecule has 0 bridgehead atoms. The predicted molar refractivity (Wildman–Crippen MR) is 38.8 cm³/mol. The van der Waals surface area contributed by atoms with E-state index in [1.54, 1.807) is 0 Å². The predicted octanol–water partition coefficient (Wildman–Crippen LogP) is 1.08. The molecule has 0 N–H and O–H groups in total. The summed E-state index contributed by atoms with van der Waals surface area (Å²) in [6, 6.07) is 0. The van der Waals surface area contributed by atoms with Gasteiger partial charge in [0.05, 0.1) is 0 Å². The van der Waals surface area contributed by atoms with Crippen molar-refractivity contribution in [3.8, 4) is 0 Å². The van der Waals surface area contributed by atoms with Gasteiger partial charge in [-0.05, 0) is 13.1 Å². The van der Waals surface area contributed by atoms with Crippen molar-refractivity contribution in [1.82, 2.24) is 0 Å². The maximum Gasteiger partial charge on any atom is 0.273 e. The molecule has 0 spiro atoms. The van der Waals surface area contributed by atoms with Crippen LogP contribution in [0.25, 0.3) is 0 Å². The highest BCUT2D eigenvalue weighted by Crippen LogP contribution is 2.06. The highest BCUT2D eigenvalue weighted by molar-refractivity contribution is 7.16. The molecule has 0 amide bonds. The zero-order valence-electron chi connectivity index (χ0n) is 4.99. The molecule has 0 saturated heterocycles. The van der Waals surface area contributed by atoms with Crippen LogP contribution in [0.4, 0.5) is 0 Å². The molecule has 1 nitrogen and oxygen atoms in total. The molecule has 4 heteroatoms. The molecular weight excluding hydrogens is 144 g/mol. The molecule has 0 fully saturated rings. The van der Waals surface area contributed by atoms with Gasteiger partial charge in [-0.1, -0.05) is 6.55 Å². The van der Waals surface area contributed by atoms with Crippen LogP contribution in [0.1, 0.15) is 0 Å². The first-order valence-electron chi connectivity index (χ1n) is 2.39. The molecule has 44 valence electrons. The van der Waals surface area contributed by atoms with Crippen molar-refractivity contribution in [3.05, 3.63) is 0 Å². The molecule has 0 aromatic heterocycles. The summed E-state index contributed by atoms with van der Waals surface area (Å²) in [5, 5.41) is 0. The minimum absolute atomic E-state index is 0.260. The lowest BCUT2D eigenvalue weighted by Crippen LogP contribution is -2.23. The fourth-order valence-electron chi connectivity index (χ4n) is 0.343. The largest absolute Gasteiger partial charge is 0.450 e. The summed E-state index contributed by atoms with van der Waals surface area (Å²) >= 11 is 5.78. The van der Waals surface area contributed by atoms with Gasteiger partial charge in [0, 0.05) is 0 Å². The summed E-state index contributed by atoms with van der Waals surface area (Å²) in [6.45, 7) is 6.08. The van der Waals surface area contributed by atoms with Crippen LogP contribution in [-0.4, -0.2) is 17.4 Å². The molecule has 0 atom stereocenters. The van der Waals surface area contributed by atoms with E-state index >= 15 is 0 Å². The summed E-state index contributed by atoms with van der Waals surface area (Å²) in [6.07, 6.45) is 0. The van der Waals surface area contributed by atoms with Gasteiger partial charge < -0.3 is 4.12 Å². The van der Waals surface area contributed by atoms with Crippen molar-refractivity contribution < 1.29 is 4.12 Å².